The predicted molar refractivity (Wildman–Crippen MR) is 127 cm³/mol. The van der Waals surface area contributed by atoms with Gasteiger partial charge in [0.25, 0.3) is 5.91 Å². The number of amides is 2. The van der Waals surface area contributed by atoms with Crippen LogP contribution in [-0.4, -0.2) is 50.7 Å². The summed E-state index contributed by atoms with van der Waals surface area (Å²) in [5, 5.41) is 14.5. The Morgan fingerprint density at radius 2 is 1.83 bits per heavy atom. The average molecular weight is 482 g/mol. The van der Waals surface area contributed by atoms with Crippen molar-refractivity contribution in [3.05, 3.63) is 41.6 Å². The molecule has 2 aromatic heterocycles. The Hall–Kier alpha value is -3.69. The van der Waals surface area contributed by atoms with Crippen molar-refractivity contribution in [2.45, 2.75) is 57.5 Å². The highest BCUT2D eigenvalue weighted by molar-refractivity contribution is 6.09. The third-order valence-corrected chi connectivity index (χ3v) is 6.76. The van der Waals surface area contributed by atoms with Gasteiger partial charge in [0.05, 0.1) is 17.7 Å². The van der Waals surface area contributed by atoms with Gasteiger partial charge in [0.1, 0.15) is 29.1 Å². The summed E-state index contributed by atoms with van der Waals surface area (Å²) in [6, 6.07) is 4.24. The minimum Gasteiger partial charge on any atom is -0.492 e. The second-order valence-electron chi connectivity index (χ2n) is 9.44. The molecule has 0 atom stereocenters. The van der Waals surface area contributed by atoms with Gasteiger partial charge in [0.2, 0.25) is 0 Å². The number of carbonyl (C=O) groups is 2. The number of hydrogen-bond acceptors (Lipinski definition) is 5. The van der Waals surface area contributed by atoms with Crippen molar-refractivity contribution in [2.75, 3.05) is 6.61 Å². The summed E-state index contributed by atoms with van der Waals surface area (Å²) in [5.74, 6) is 0.301. The lowest BCUT2D eigenvalue weighted by Gasteiger charge is -2.28. The van der Waals surface area contributed by atoms with Crippen molar-refractivity contribution in [1.82, 2.24) is 25.6 Å². The number of benzene rings is 1. The second-order valence-corrected chi connectivity index (χ2v) is 9.44. The molecule has 9 nitrogen and oxygen atoms in total. The number of halogens is 1. The maximum atomic E-state index is 14.0. The minimum absolute atomic E-state index is 0.0421. The molecule has 5 rings (SSSR count). The Morgan fingerprint density at radius 1 is 1.11 bits per heavy atom. The predicted octanol–water partition coefficient (Wildman–Crippen LogP) is 4.17. The summed E-state index contributed by atoms with van der Waals surface area (Å²) in [5.41, 5.74) is 3.36. The van der Waals surface area contributed by atoms with E-state index in [9.17, 15) is 14.0 Å². The number of carboxylic acid groups (broad SMARTS) is 1. The summed E-state index contributed by atoms with van der Waals surface area (Å²) in [4.78, 5) is 36.2. The van der Waals surface area contributed by atoms with Gasteiger partial charge >= 0.3 is 6.09 Å². The quantitative estimate of drug-likeness (QED) is 0.401. The normalized spacial score (nSPS) is 19.9. The zero-order valence-electron chi connectivity index (χ0n) is 19.4. The van der Waals surface area contributed by atoms with Crippen LogP contribution in [0.5, 0.6) is 5.75 Å². The minimum atomic E-state index is -1.02. The summed E-state index contributed by atoms with van der Waals surface area (Å²) >= 11 is 0. The van der Waals surface area contributed by atoms with Gasteiger partial charge in [-0.15, -0.1) is 0 Å². The van der Waals surface area contributed by atoms with Crippen molar-refractivity contribution in [3.8, 4) is 17.0 Å². The van der Waals surface area contributed by atoms with E-state index in [0.29, 0.717) is 77.5 Å². The number of aryl methyl sites for hydroxylation is 1. The lowest BCUT2D eigenvalue weighted by Crippen LogP contribution is -2.43. The maximum absolute atomic E-state index is 14.0. The number of nitrogens with zero attached hydrogens (tertiary/aromatic N) is 2. The SMILES string of the molecule is Cc1[nH]c2c(-c3ccc(F)cc3OCC3CC3)ncnc2c1C(=O)N[C@H]1CC[C@@H](NC(=O)O)CC1. The number of aromatic amines is 1. The van der Waals surface area contributed by atoms with Crippen LogP contribution in [0.2, 0.25) is 0 Å². The monoisotopic (exact) mass is 481 g/mol. The fourth-order valence-electron chi connectivity index (χ4n) is 4.72. The van der Waals surface area contributed by atoms with Crippen LogP contribution in [0, 0.1) is 18.7 Å². The molecule has 0 aliphatic heterocycles. The average Bonchev–Trinajstić information content (AvgIpc) is 3.58. The summed E-state index contributed by atoms with van der Waals surface area (Å²) < 4.78 is 19.9. The summed E-state index contributed by atoms with van der Waals surface area (Å²) in [6.07, 6.45) is 5.34. The van der Waals surface area contributed by atoms with Gasteiger partial charge in [-0.3, -0.25) is 4.79 Å². The molecule has 1 aromatic carbocycles. The third kappa shape index (κ3) is 5.06. The van der Waals surface area contributed by atoms with Gasteiger partial charge in [-0.05, 0) is 63.5 Å². The Kier molecular flexibility index (Phi) is 6.27. The van der Waals surface area contributed by atoms with Crippen LogP contribution in [0.25, 0.3) is 22.3 Å². The van der Waals surface area contributed by atoms with E-state index >= 15 is 0 Å². The number of H-pyrrole nitrogens is 1. The number of aromatic nitrogens is 3. The zero-order valence-corrected chi connectivity index (χ0v) is 19.4. The molecule has 0 unspecified atom stereocenters. The molecule has 2 aliphatic carbocycles. The van der Waals surface area contributed by atoms with Gasteiger partial charge in [-0.2, -0.15) is 0 Å². The number of carbonyl (C=O) groups excluding carboxylic acids is 1. The largest absolute Gasteiger partial charge is 0.492 e. The Labute approximate surface area is 201 Å². The molecule has 2 amide bonds. The van der Waals surface area contributed by atoms with Gasteiger partial charge < -0.3 is 25.5 Å². The Balaban J connectivity index is 1.39. The van der Waals surface area contributed by atoms with Crippen LogP contribution in [0.15, 0.2) is 24.5 Å². The maximum Gasteiger partial charge on any atom is 0.404 e. The standard InChI is InChI=1S/C25H28FN5O4/c1-13-20(24(32)30-16-5-7-17(8-6-16)31-25(33)34)22-23(29-13)21(27-12-28-22)18-9-4-15(26)10-19(18)35-11-14-2-3-14/h4,9-10,12,14,16-17,29,31H,2-3,5-8,11H2,1H3,(H,30,32)(H,33,34)/t16-,17+. The first-order valence-electron chi connectivity index (χ1n) is 12.0. The number of nitrogens with one attached hydrogen (secondary N) is 3. The molecule has 0 saturated heterocycles. The number of ether oxygens (including phenoxy) is 1. The van der Waals surface area contributed by atoms with Crippen LogP contribution in [0.1, 0.15) is 54.6 Å². The highest BCUT2D eigenvalue weighted by Crippen LogP contribution is 2.36. The van der Waals surface area contributed by atoms with Crippen LogP contribution in [-0.2, 0) is 0 Å². The fourth-order valence-corrected chi connectivity index (χ4v) is 4.72. The van der Waals surface area contributed by atoms with Crippen molar-refractivity contribution in [1.29, 1.82) is 0 Å². The van der Waals surface area contributed by atoms with Crippen LogP contribution in [0.4, 0.5) is 9.18 Å². The molecule has 0 bridgehead atoms. The third-order valence-electron chi connectivity index (χ3n) is 6.76. The Bertz CT molecular complexity index is 1260. The van der Waals surface area contributed by atoms with Crippen LogP contribution < -0.4 is 15.4 Å². The first-order chi connectivity index (χ1) is 16.9. The van der Waals surface area contributed by atoms with E-state index in [1.165, 1.54) is 18.5 Å². The number of rotatable bonds is 7. The van der Waals surface area contributed by atoms with E-state index < -0.39 is 6.09 Å². The number of hydrogen-bond donors (Lipinski definition) is 4. The first-order valence-corrected chi connectivity index (χ1v) is 12.0. The molecule has 2 heterocycles. The zero-order chi connectivity index (χ0) is 24.5. The highest BCUT2D eigenvalue weighted by Gasteiger charge is 2.27. The van der Waals surface area contributed by atoms with E-state index in [1.54, 1.807) is 6.07 Å². The van der Waals surface area contributed by atoms with Crippen molar-refractivity contribution in [3.63, 3.8) is 0 Å². The fraction of sp³-hybridized carbons (Fsp3) is 0.440. The summed E-state index contributed by atoms with van der Waals surface area (Å²) in [7, 11) is 0. The van der Waals surface area contributed by atoms with Crippen LogP contribution >= 0.6 is 0 Å². The van der Waals surface area contributed by atoms with E-state index in [2.05, 4.69) is 25.6 Å². The second kappa shape index (κ2) is 9.52. The van der Waals surface area contributed by atoms with Crippen molar-refractivity contribution in [2.24, 2.45) is 5.92 Å². The molecule has 0 spiro atoms. The van der Waals surface area contributed by atoms with E-state index in [1.807, 2.05) is 6.92 Å². The molecule has 3 aromatic rings. The van der Waals surface area contributed by atoms with Gasteiger partial charge in [0.15, 0.2) is 0 Å². The lowest BCUT2D eigenvalue weighted by molar-refractivity contribution is 0.0924. The van der Waals surface area contributed by atoms with Gasteiger partial charge in [-0.1, -0.05) is 0 Å². The van der Waals surface area contributed by atoms with Crippen molar-refractivity contribution >= 4 is 23.0 Å². The molecule has 0 radical (unpaired) electrons. The van der Waals surface area contributed by atoms with Gasteiger partial charge in [0, 0.05) is 29.4 Å². The molecule has 35 heavy (non-hydrogen) atoms. The molecule has 2 fully saturated rings. The highest BCUT2D eigenvalue weighted by atomic mass is 19.1. The van der Waals surface area contributed by atoms with Crippen molar-refractivity contribution < 1.29 is 23.8 Å². The topological polar surface area (TPSA) is 129 Å². The van der Waals surface area contributed by atoms with Crippen LogP contribution in [0.3, 0.4) is 0 Å². The smallest absolute Gasteiger partial charge is 0.404 e. The number of fused-ring (bicyclic) bond motifs is 1. The van der Waals surface area contributed by atoms with E-state index in [-0.39, 0.29) is 23.8 Å². The lowest BCUT2D eigenvalue weighted by atomic mass is 9.91. The summed E-state index contributed by atoms with van der Waals surface area (Å²) in [6.45, 7) is 2.34. The molecule has 184 valence electrons. The molecular weight excluding hydrogens is 453 g/mol. The molecular formula is C25H28FN5O4. The molecule has 10 heteroatoms. The molecule has 4 N–H and O–H groups in total. The van der Waals surface area contributed by atoms with Gasteiger partial charge in [-0.25, -0.2) is 19.2 Å². The Morgan fingerprint density at radius 3 is 2.51 bits per heavy atom. The first kappa shape index (κ1) is 23.1. The van der Waals surface area contributed by atoms with E-state index in [0.717, 1.165) is 12.8 Å². The molecule has 2 saturated carbocycles. The van der Waals surface area contributed by atoms with E-state index in [4.69, 9.17) is 9.84 Å². The molecule has 2 aliphatic rings.